The zero-order valence-electron chi connectivity index (χ0n) is 12.5. The zero-order chi connectivity index (χ0) is 15.8. The van der Waals surface area contributed by atoms with Gasteiger partial charge in [-0.25, -0.2) is 9.78 Å². The molecule has 0 saturated carbocycles. The molecule has 21 heavy (non-hydrogen) atoms. The predicted octanol–water partition coefficient (Wildman–Crippen LogP) is 1.37. The number of nitrogens with one attached hydrogen (secondary N) is 2. The number of carbonyl (C=O) groups excluding carboxylic acids is 1. The SMILES string of the molecule is CCc1nnc(NC(=O)NC(CC)CC(=O)O)nc1CC. The Kier molecular flexibility index (Phi) is 6.51. The van der Waals surface area contributed by atoms with Crippen LogP contribution in [-0.4, -0.2) is 38.3 Å². The molecule has 0 aliphatic heterocycles. The van der Waals surface area contributed by atoms with Crippen LogP contribution in [0.25, 0.3) is 0 Å². The minimum Gasteiger partial charge on any atom is -0.481 e. The molecule has 1 atom stereocenters. The maximum atomic E-state index is 11.8. The van der Waals surface area contributed by atoms with Gasteiger partial charge in [-0.15, -0.1) is 10.2 Å². The summed E-state index contributed by atoms with van der Waals surface area (Å²) in [5, 5.41) is 21.7. The van der Waals surface area contributed by atoms with Gasteiger partial charge in [0.2, 0.25) is 0 Å². The van der Waals surface area contributed by atoms with Crippen molar-refractivity contribution in [2.75, 3.05) is 5.32 Å². The van der Waals surface area contributed by atoms with Gasteiger partial charge in [0, 0.05) is 6.04 Å². The largest absolute Gasteiger partial charge is 0.481 e. The lowest BCUT2D eigenvalue weighted by atomic mass is 10.1. The highest BCUT2D eigenvalue weighted by Crippen LogP contribution is 2.07. The molecule has 1 unspecified atom stereocenters. The van der Waals surface area contributed by atoms with Crippen LogP contribution in [-0.2, 0) is 17.6 Å². The number of urea groups is 1. The summed E-state index contributed by atoms with van der Waals surface area (Å²) in [4.78, 5) is 26.7. The number of hydrogen-bond donors (Lipinski definition) is 3. The van der Waals surface area contributed by atoms with E-state index in [2.05, 4.69) is 25.8 Å². The van der Waals surface area contributed by atoms with Crippen molar-refractivity contribution in [1.82, 2.24) is 20.5 Å². The van der Waals surface area contributed by atoms with Gasteiger partial charge >= 0.3 is 12.0 Å². The Morgan fingerprint density at radius 3 is 2.33 bits per heavy atom. The number of anilines is 1. The second-order valence-corrected chi connectivity index (χ2v) is 4.54. The summed E-state index contributed by atoms with van der Waals surface area (Å²) >= 11 is 0. The molecule has 0 aromatic carbocycles. The van der Waals surface area contributed by atoms with Crippen LogP contribution >= 0.6 is 0 Å². The standard InChI is InChI=1S/C13H21N5O3/c1-4-8(7-11(19)20)14-13(21)16-12-15-9(5-2)10(6-3)17-18-12/h8H,4-7H2,1-3H3,(H,19,20)(H2,14,15,16,18,21). The number of hydrogen-bond acceptors (Lipinski definition) is 5. The smallest absolute Gasteiger partial charge is 0.321 e. The number of carboxylic acids is 1. The van der Waals surface area contributed by atoms with Crippen molar-refractivity contribution in [1.29, 1.82) is 0 Å². The lowest BCUT2D eigenvalue weighted by Gasteiger charge is -2.15. The van der Waals surface area contributed by atoms with Gasteiger partial charge in [0.1, 0.15) is 0 Å². The van der Waals surface area contributed by atoms with E-state index in [0.29, 0.717) is 12.8 Å². The maximum absolute atomic E-state index is 11.8. The third kappa shape index (κ3) is 5.33. The molecule has 0 aliphatic rings. The summed E-state index contributed by atoms with van der Waals surface area (Å²) in [7, 11) is 0. The van der Waals surface area contributed by atoms with Crippen LogP contribution in [0.2, 0.25) is 0 Å². The molecule has 8 heteroatoms. The molecule has 0 spiro atoms. The summed E-state index contributed by atoms with van der Waals surface area (Å²) in [6.45, 7) is 5.71. The fourth-order valence-corrected chi connectivity index (χ4v) is 1.82. The van der Waals surface area contributed by atoms with E-state index >= 15 is 0 Å². The monoisotopic (exact) mass is 295 g/mol. The molecular formula is C13H21N5O3. The third-order valence-electron chi connectivity index (χ3n) is 2.98. The molecule has 1 heterocycles. The Balaban J connectivity index is 2.67. The van der Waals surface area contributed by atoms with Gasteiger partial charge < -0.3 is 10.4 Å². The van der Waals surface area contributed by atoms with E-state index < -0.39 is 18.0 Å². The number of nitrogens with zero attached hydrogens (tertiary/aromatic N) is 3. The van der Waals surface area contributed by atoms with Crippen molar-refractivity contribution in [2.45, 2.75) is 52.5 Å². The van der Waals surface area contributed by atoms with Crippen LogP contribution in [0.3, 0.4) is 0 Å². The molecule has 0 fully saturated rings. The van der Waals surface area contributed by atoms with Crippen LogP contribution in [0, 0.1) is 0 Å². The van der Waals surface area contributed by atoms with E-state index in [1.54, 1.807) is 6.92 Å². The molecule has 116 valence electrons. The van der Waals surface area contributed by atoms with E-state index in [0.717, 1.165) is 17.8 Å². The summed E-state index contributed by atoms with van der Waals surface area (Å²) < 4.78 is 0. The summed E-state index contributed by atoms with van der Waals surface area (Å²) in [5.74, 6) is -0.840. The molecule has 1 aromatic heterocycles. The fraction of sp³-hybridized carbons (Fsp3) is 0.615. The lowest BCUT2D eigenvalue weighted by molar-refractivity contribution is -0.137. The molecule has 0 bridgehead atoms. The maximum Gasteiger partial charge on any atom is 0.321 e. The zero-order valence-corrected chi connectivity index (χ0v) is 12.5. The normalized spacial score (nSPS) is 11.8. The molecular weight excluding hydrogens is 274 g/mol. The first-order chi connectivity index (χ1) is 9.99. The number of amides is 2. The molecule has 0 saturated heterocycles. The minimum atomic E-state index is -0.958. The second-order valence-electron chi connectivity index (χ2n) is 4.54. The average Bonchev–Trinajstić information content (AvgIpc) is 2.45. The summed E-state index contributed by atoms with van der Waals surface area (Å²) in [5.41, 5.74) is 1.60. The molecule has 3 N–H and O–H groups in total. The quantitative estimate of drug-likeness (QED) is 0.699. The summed E-state index contributed by atoms with van der Waals surface area (Å²) in [6.07, 6.45) is 1.82. The van der Waals surface area contributed by atoms with Crippen molar-refractivity contribution in [3.05, 3.63) is 11.4 Å². The van der Waals surface area contributed by atoms with E-state index in [1.807, 2.05) is 13.8 Å². The van der Waals surface area contributed by atoms with E-state index in [1.165, 1.54) is 0 Å². The van der Waals surface area contributed by atoms with Gasteiger partial charge in [-0.1, -0.05) is 20.8 Å². The number of aromatic nitrogens is 3. The predicted molar refractivity (Wildman–Crippen MR) is 77.1 cm³/mol. The van der Waals surface area contributed by atoms with Crippen LogP contribution in [0.15, 0.2) is 0 Å². The number of carbonyl (C=O) groups is 2. The number of aliphatic carboxylic acids is 1. The van der Waals surface area contributed by atoms with E-state index in [-0.39, 0.29) is 12.4 Å². The van der Waals surface area contributed by atoms with Gasteiger partial charge in [-0.3, -0.25) is 10.1 Å². The Labute approximate surface area is 123 Å². The molecule has 2 amide bonds. The Morgan fingerprint density at radius 1 is 1.14 bits per heavy atom. The Hall–Kier alpha value is -2.25. The minimum absolute atomic E-state index is 0.117. The van der Waals surface area contributed by atoms with Crippen LogP contribution in [0.4, 0.5) is 10.7 Å². The molecule has 1 aromatic rings. The van der Waals surface area contributed by atoms with Crippen LogP contribution in [0.5, 0.6) is 0 Å². The third-order valence-corrected chi connectivity index (χ3v) is 2.98. The fourth-order valence-electron chi connectivity index (χ4n) is 1.82. The van der Waals surface area contributed by atoms with Gasteiger partial charge in [-0.2, -0.15) is 0 Å². The Morgan fingerprint density at radius 2 is 1.81 bits per heavy atom. The molecule has 1 rings (SSSR count). The molecule has 0 radical (unpaired) electrons. The van der Waals surface area contributed by atoms with Crippen molar-refractivity contribution < 1.29 is 14.7 Å². The molecule has 8 nitrogen and oxygen atoms in total. The van der Waals surface area contributed by atoms with Crippen molar-refractivity contribution in [2.24, 2.45) is 0 Å². The van der Waals surface area contributed by atoms with Crippen molar-refractivity contribution in [3.63, 3.8) is 0 Å². The van der Waals surface area contributed by atoms with Crippen LogP contribution < -0.4 is 10.6 Å². The topological polar surface area (TPSA) is 117 Å². The van der Waals surface area contributed by atoms with Crippen molar-refractivity contribution in [3.8, 4) is 0 Å². The highest BCUT2D eigenvalue weighted by molar-refractivity contribution is 5.87. The number of carboxylic acid groups (broad SMARTS) is 1. The first-order valence-corrected chi connectivity index (χ1v) is 7.01. The van der Waals surface area contributed by atoms with E-state index in [9.17, 15) is 9.59 Å². The van der Waals surface area contributed by atoms with Gasteiger partial charge in [0.25, 0.3) is 5.95 Å². The highest BCUT2D eigenvalue weighted by atomic mass is 16.4. The lowest BCUT2D eigenvalue weighted by Crippen LogP contribution is -2.39. The first kappa shape index (κ1) is 16.8. The van der Waals surface area contributed by atoms with E-state index in [4.69, 9.17) is 5.11 Å². The van der Waals surface area contributed by atoms with Crippen LogP contribution in [0.1, 0.15) is 45.0 Å². The average molecular weight is 295 g/mol. The first-order valence-electron chi connectivity index (χ1n) is 7.01. The number of aryl methyl sites for hydroxylation is 2. The Bertz CT molecular complexity index is 507. The number of rotatable bonds is 7. The molecule has 0 aliphatic carbocycles. The van der Waals surface area contributed by atoms with Crippen molar-refractivity contribution >= 4 is 17.9 Å². The highest BCUT2D eigenvalue weighted by Gasteiger charge is 2.15. The second kappa shape index (κ2) is 8.13. The van der Waals surface area contributed by atoms with Gasteiger partial charge in [0.05, 0.1) is 17.8 Å². The summed E-state index contributed by atoms with van der Waals surface area (Å²) in [6, 6.07) is -0.966. The van der Waals surface area contributed by atoms with Gasteiger partial charge in [-0.05, 0) is 19.3 Å². The van der Waals surface area contributed by atoms with Gasteiger partial charge in [0.15, 0.2) is 0 Å².